The Hall–Kier alpha value is -2.24. The van der Waals surface area contributed by atoms with Crippen molar-refractivity contribution in [1.29, 1.82) is 0 Å². The third-order valence-corrected chi connectivity index (χ3v) is 5.40. The summed E-state index contributed by atoms with van der Waals surface area (Å²) in [5.41, 5.74) is 0.889. The molecule has 28 heavy (non-hydrogen) atoms. The van der Waals surface area contributed by atoms with Gasteiger partial charge in [0.1, 0.15) is 5.82 Å². The van der Waals surface area contributed by atoms with E-state index in [4.69, 9.17) is 19.4 Å². The Balaban J connectivity index is 1.80. The number of methoxy groups -OCH3 is 2. The van der Waals surface area contributed by atoms with Crippen LogP contribution in [0.2, 0.25) is 0 Å². The minimum absolute atomic E-state index is 0.697. The number of hydrogen-bond donors (Lipinski definition) is 1. The van der Waals surface area contributed by atoms with Crippen LogP contribution in [-0.4, -0.2) is 43.8 Å². The third-order valence-electron chi connectivity index (χ3n) is 5.40. The second-order valence-electron chi connectivity index (χ2n) is 7.49. The highest BCUT2D eigenvalue weighted by atomic mass is 16.5. The van der Waals surface area contributed by atoms with E-state index in [1.165, 1.54) is 44.9 Å². The summed E-state index contributed by atoms with van der Waals surface area (Å²) >= 11 is 0. The summed E-state index contributed by atoms with van der Waals surface area (Å²) in [6.07, 6.45) is 10.1. The number of aromatic nitrogens is 2. The predicted molar refractivity (Wildman–Crippen MR) is 116 cm³/mol. The van der Waals surface area contributed by atoms with E-state index in [9.17, 15) is 0 Å². The van der Waals surface area contributed by atoms with Gasteiger partial charge < -0.3 is 19.7 Å². The Morgan fingerprint density at radius 1 is 0.929 bits per heavy atom. The maximum atomic E-state index is 5.49. The number of unbranched alkanes of at least 4 members (excludes halogenated alkanes) is 5. The molecule has 1 aliphatic rings. The van der Waals surface area contributed by atoms with Gasteiger partial charge in [0.2, 0.25) is 5.95 Å². The van der Waals surface area contributed by atoms with E-state index in [1.54, 1.807) is 14.2 Å². The molecule has 1 saturated heterocycles. The van der Waals surface area contributed by atoms with Crippen molar-refractivity contribution in [2.75, 3.05) is 44.1 Å². The molecule has 0 unspecified atom stereocenters. The molecule has 154 valence electrons. The van der Waals surface area contributed by atoms with E-state index in [2.05, 4.69) is 17.1 Å². The summed E-state index contributed by atoms with van der Waals surface area (Å²) < 4.78 is 11.0. The van der Waals surface area contributed by atoms with Gasteiger partial charge in [-0.15, -0.1) is 0 Å². The Morgan fingerprint density at radius 3 is 2.32 bits per heavy atom. The molecular formula is C22H34N4O2. The summed E-state index contributed by atoms with van der Waals surface area (Å²) in [6.45, 7) is 5.22. The van der Waals surface area contributed by atoms with E-state index in [1.807, 2.05) is 12.1 Å². The lowest BCUT2D eigenvalue weighted by Crippen LogP contribution is -2.21. The number of hydrogen-bond acceptors (Lipinski definition) is 6. The molecule has 2 aromatic rings. The first kappa shape index (κ1) is 20.5. The standard InChI is InChI=1S/C22H34N4O2/c1-4-5-6-7-8-9-12-23-21-17-15-19(27-2)20(28-3)16-18(17)24-22(25-21)26-13-10-11-14-26/h15-16H,4-14H2,1-3H3,(H,23,24,25). The van der Waals surface area contributed by atoms with Gasteiger partial charge in [-0.05, 0) is 25.3 Å². The first-order valence-electron chi connectivity index (χ1n) is 10.7. The van der Waals surface area contributed by atoms with Crippen LogP contribution in [-0.2, 0) is 0 Å². The SMILES string of the molecule is CCCCCCCCNc1nc(N2CCCC2)nc2cc(OC)c(OC)cc12. The maximum Gasteiger partial charge on any atom is 0.227 e. The van der Waals surface area contributed by atoms with E-state index < -0.39 is 0 Å². The van der Waals surface area contributed by atoms with Crippen molar-refractivity contribution in [2.24, 2.45) is 0 Å². The Labute approximate surface area is 168 Å². The highest BCUT2D eigenvalue weighted by molar-refractivity contribution is 5.92. The molecule has 0 amide bonds. The van der Waals surface area contributed by atoms with Crippen LogP contribution in [0.5, 0.6) is 11.5 Å². The Morgan fingerprint density at radius 2 is 1.61 bits per heavy atom. The zero-order valence-corrected chi connectivity index (χ0v) is 17.6. The highest BCUT2D eigenvalue weighted by Crippen LogP contribution is 2.35. The average molecular weight is 387 g/mol. The predicted octanol–water partition coefficient (Wildman–Crippen LogP) is 5.02. The van der Waals surface area contributed by atoms with E-state index in [-0.39, 0.29) is 0 Å². The first-order valence-corrected chi connectivity index (χ1v) is 10.7. The summed E-state index contributed by atoms with van der Waals surface area (Å²) in [5, 5.41) is 4.54. The fourth-order valence-electron chi connectivity index (χ4n) is 3.75. The van der Waals surface area contributed by atoms with Gasteiger partial charge >= 0.3 is 0 Å². The number of fused-ring (bicyclic) bond motifs is 1. The fourth-order valence-corrected chi connectivity index (χ4v) is 3.75. The topological polar surface area (TPSA) is 59.5 Å². The normalized spacial score (nSPS) is 13.9. The van der Waals surface area contributed by atoms with Crippen molar-refractivity contribution >= 4 is 22.7 Å². The summed E-state index contributed by atoms with van der Waals surface area (Å²) in [6, 6.07) is 3.93. The highest BCUT2D eigenvalue weighted by Gasteiger charge is 2.19. The van der Waals surface area contributed by atoms with Crippen LogP contribution in [0.25, 0.3) is 10.9 Å². The molecule has 2 heterocycles. The van der Waals surface area contributed by atoms with Crippen LogP contribution in [0.3, 0.4) is 0 Å². The number of benzene rings is 1. The number of anilines is 2. The van der Waals surface area contributed by atoms with Crippen molar-refractivity contribution in [1.82, 2.24) is 9.97 Å². The molecule has 0 spiro atoms. The molecule has 1 fully saturated rings. The largest absolute Gasteiger partial charge is 0.493 e. The van der Waals surface area contributed by atoms with Crippen LogP contribution in [0.15, 0.2) is 12.1 Å². The van der Waals surface area contributed by atoms with E-state index in [0.717, 1.165) is 48.7 Å². The monoisotopic (exact) mass is 386 g/mol. The minimum atomic E-state index is 0.697. The van der Waals surface area contributed by atoms with Crippen LogP contribution in [0, 0.1) is 0 Å². The Bertz CT molecular complexity index is 760. The molecule has 0 radical (unpaired) electrons. The minimum Gasteiger partial charge on any atom is -0.493 e. The number of nitrogens with zero attached hydrogens (tertiary/aromatic N) is 3. The summed E-state index contributed by atoms with van der Waals surface area (Å²) in [7, 11) is 3.32. The smallest absolute Gasteiger partial charge is 0.227 e. The quantitative estimate of drug-likeness (QED) is 0.547. The van der Waals surface area contributed by atoms with Gasteiger partial charge in [-0.3, -0.25) is 0 Å². The number of nitrogens with one attached hydrogen (secondary N) is 1. The first-order chi connectivity index (χ1) is 13.8. The molecule has 3 rings (SSSR count). The van der Waals surface area contributed by atoms with Crippen molar-refractivity contribution in [3.8, 4) is 11.5 Å². The lowest BCUT2D eigenvalue weighted by molar-refractivity contribution is 0.356. The second-order valence-corrected chi connectivity index (χ2v) is 7.49. The van der Waals surface area contributed by atoms with Crippen molar-refractivity contribution in [3.63, 3.8) is 0 Å². The van der Waals surface area contributed by atoms with Crippen LogP contribution in [0.1, 0.15) is 58.3 Å². The van der Waals surface area contributed by atoms with Crippen molar-refractivity contribution in [3.05, 3.63) is 12.1 Å². The molecular weight excluding hydrogens is 352 g/mol. The molecule has 1 aromatic heterocycles. The Kier molecular flexibility index (Phi) is 7.57. The maximum absolute atomic E-state index is 5.49. The molecule has 0 atom stereocenters. The molecule has 1 aliphatic heterocycles. The van der Waals surface area contributed by atoms with Crippen LogP contribution >= 0.6 is 0 Å². The van der Waals surface area contributed by atoms with Gasteiger partial charge in [-0.2, -0.15) is 4.98 Å². The molecule has 0 saturated carbocycles. The molecule has 1 N–H and O–H groups in total. The molecule has 6 nitrogen and oxygen atoms in total. The van der Waals surface area contributed by atoms with Gasteiger partial charge in [0, 0.05) is 31.1 Å². The van der Waals surface area contributed by atoms with Crippen molar-refractivity contribution < 1.29 is 9.47 Å². The zero-order valence-electron chi connectivity index (χ0n) is 17.6. The average Bonchev–Trinajstić information content (AvgIpc) is 3.26. The summed E-state index contributed by atoms with van der Waals surface area (Å²) in [4.78, 5) is 12.0. The van der Waals surface area contributed by atoms with E-state index >= 15 is 0 Å². The lowest BCUT2D eigenvalue weighted by Gasteiger charge is -2.19. The van der Waals surface area contributed by atoms with Gasteiger partial charge in [-0.1, -0.05) is 39.0 Å². The molecule has 0 aliphatic carbocycles. The van der Waals surface area contributed by atoms with Gasteiger partial charge in [-0.25, -0.2) is 4.98 Å². The van der Waals surface area contributed by atoms with Crippen LogP contribution < -0.4 is 19.7 Å². The van der Waals surface area contributed by atoms with E-state index in [0.29, 0.717) is 11.5 Å². The van der Waals surface area contributed by atoms with Gasteiger partial charge in [0.25, 0.3) is 0 Å². The lowest BCUT2D eigenvalue weighted by atomic mass is 10.1. The van der Waals surface area contributed by atoms with Crippen LogP contribution in [0.4, 0.5) is 11.8 Å². The zero-order chi connectivity index (χ0) is 19.8. The molecule has 0 bridgehead atoms. The van der Waals surface area contributed by atoms with Gasteiger partial charge in [0.15, 0.2) is 11.5 Å². The fraction of sp³-hybridized carbons (Fsp3) is 0.636. The molecule has 6 heteroatoms. The molecule has 1 aromatic carbocycles. The number of rotatable bonds is 11. The number of ether oxygens (including phenoxy) is 2. The van der Waals surface area contributed by atoms with Gasteiger partial charge in [0.05, 0.1) is 19.7 Å². The summed E-state index contributed by atoms with van der Waals surface area (Å²) in [5.74, 6) is 3.10. The van der Waals surface area contributed by atoms with Crippen molar-refractivity contribution in [2.45, 2.75) is 58.3 Å². The third kappa shape index (κ3) is 4.97. The second kappa shape index (κ2) is 10.3.